The van der Waals surface area contributed by atoms with Crippen LogP contribution in [0.5, 0.6) is 11.5 Å². The Balaban J connectivity index is 1.52. The average molecular weight is 348 g/mol. The summed E-state index contributed by atoms with van der Waals surface area (Å²) in [6.07, 6.45) is -0.0730. The Hall–Kier alpha value is -2.44. The van der Waals surface area contributed by atoms with Crippen molar-refractivity contribution in [3.8, 4) is 11.5 Å². The van der Waals surface area contributed by atoms with Gasteiger partial charge in [-0.1, -0.05) is 19.9 Å². The minimum Gasteiger partial charge on any atom is -0.486 e. The van der Waals surface area contributed by atoms with E-state index < -0.39 is 0 Å². The molecule has 0 saturated carbocycles. The molecule has 2 aliphatic rings. The van der Waals surface area contributed by atoms with Gasteiger partial charge in [-0.3, -0.25) is 4.79 Å². The summed E-state index contributed by atoms with van der Waals surface area (Å²) in [5.74, 6) is 1.42. The van der Waals surface area contributed by atoms with Crippen LogP contribution >= 0.6 is 0 Å². The van der Waals surface area contributed by atoms with Crippen LogP contribution in [0.4, 0.5) is 4.79 Å². The topological polar surface area (TPSA) is 77.1 Å². The highest BCUT2D eigenvalue weighted by Gasteiger charge is 2.25. The van der Waals surface area contributed by atoms with Gasteiger partial charge in [0.05, 0.1) is 6.54 Å². The maximum absolute atomic E-state index is 12.1. The predicted octanol–water partition coefficient (Wildman–Crippen LogP) is 1.69. The quantitative estimate of drug-likeness (QED) is 0.847. The summed E-state index contributed by atoms with van der Waals surface area (Å²) < 4.78 is 16.0. The maximum atomic E-state index is 12.1. The van der Waals surface area contributed by atoms with Gasteiger partial charge in [0.15, 0.2) is 11.5 Å². The van der Waals surface area contributed by atoms with E-state index in [2.05, 4.69) is 19.2 Å². The van der Waals surface area contributed by atoms with Crippen LogP contribution in [0.1, 0.15) is 25.8 Å². The van der Waals surface area contributed by atoms with Crippen LogP contribution in [0, 0.1) is 0 Å². The molecule has 0 unspecified atom stereocenters. The highest BCUT2D eigenvalue weighted by Crippen LogP contribution is 2.34. The molecule has 2 aliphatic heterocycles. The zero-order valence-electron chi connectivity index (χ0n) is 14.7. The van der Waals surface area contributed by atoms with E-state index in [1.54, 1.807) is 4.90 Å². The predicted molar refractivity (Wildman–Crippen MR) is 91.0 cm³/mol. The van der Waals surface area contributed by atoms with Crippen molar-refractivity contribution in [2.45, 2.75) is 25.7 Å². The summed E-state index contributed by atoms with van der Waals surface area (Å²) in [4.78, 5) is 25.0. The van der Waals surface area contributed by atoms with Crippen LogP contribution in [0.3, 0.4) is 0 Å². The summed E-state index contributed by atoms with van der Waals surface area (Å²) in [5, 5.41) is 2.95. The smallest absolute Gasteiger partial charge is 0.409 e. The number of nitrogens with one attached hydrogen (secondary N) is 1. The Morgan fingerprint density at radius 2 is 1.92 bits per heavy atom. The van der Waals surface area contributed by atoms with Gasteiger partial charge in [0, 0.05) is 24.9 Å². The Morgan fingerprint density at radius 3 is 2.64 bits per heavy atom. The highest BCUT2D eigenvalue weighted by molar-refractivity contribution is 5.77. The van der Waals surface area contributed by atoms with Crippen LogP contribution < -0.4 is 14.8 Å². The fourth-order valence-corrected chi connectivity index (χ4v) is 2.84. The zero-order valence-corrected chi connectivity index (χ0v) is 14.7. The van der Waals surface area contributed by atoms with Gasteiger partial charge in [-0.2, -0.15) is 0 Å². The first-order chi connectivity index (χ1) is 12.0. The van der Waals surface area contributed by atoms with Crippen molar-refractivity contribution < 1.29 is 23.8 Å². The van der Waals surface area contributed by atoms with Gasteiger partial charge in [0.1, 0.15) is 19.8 Å². The summed E-state index contributed by atoms with van der Waals surface area (Å²) in [5.41, 5.74) is 0.818. The number of carbonyl (C=O) groups is 2. The molecule has 0 bridgehead atoms. The number of hydrogen-bond donors (Lipinski definition) is 1. The van der Waals surface area contributed by atoms with Gasteiger partial charge >= 0.3 is 6.09 Å². The molecule has 0 radical (unpaired) electrons. The molecular formula is C18H24N2O5. The van der Waals surface area contributed by atoms with Gasteiger partial charge in [0.2, 0.25) is 5.91 Å². The zero-order chi connectivity index (χ0) is 17.9. The van der Waals surface area contributed by atoms with Gasteiger partial charge in [-0.05, 0) is 17.7 Å². The number of ether oxygens (including phenoxy) is 3. The molecular weight excluding hydrogens is 324 g/mol. The van der Waals surface area contributed by atoms with Crippen LogP contribution in [0.25, 0.3) is 0 Å². The first kappa shape index (κ1) is 17.4. The molecule has 0 spiro atoms. The number of amides is 2. The van der Waals surface area contributed by atoms with E-state index in [1.807, 2.05) is 18.2 Å². The Kier molecular flexibility index (Phi) is 5.01. The fraction of sp³-hybridized carbons (Fsp3) is 0.556. The average Bonchev–Trinajstić information content (AvgIpc) is 3.03. The standard InChI is InChI=1S/C18H24N2O5/c1-18(2,13-3-4-14-15(11-13)24-10-9-23-14)12-19-16(21)5-6-20-7-8-25-17(20)22/h3-4,11H,5-10,12H2,1-2H3,(H,19,21). The largest absolute Gasteiger partial charge is 0.486 e. The number of cyclic esters (lactones) is 1. The summed E-state index contributed by atoms with van der Waals surface area (Å²) >= 11 is 0. The number of hydrogen-bond acceptors (Lipinski definition) is 5. The molecule has 3 rings (SSSR count). The molecule has 2 amide bonds. The molecule has 2 heterocycles. The Labute approximate surface area is 147 Å². The molecule has 1 fully saturated rings. The van der Waals surface area contributed by atoms with E-state index in [4.69, 9.17) is 14.2 Å². The summed E-state index contributed by atoms with van der Waals surface area (Å²) in [6, 6.07) is 5.88. The van der Waals surface area contributed by atoms with E-state index >= 15 is 0 Å². The summed E-state index contributed by atoms with van der Waals surface area (Å²) in [7, 11) is 0. The number of carbonyl (C=O) groups excluding carboxylic acids is 2. The van der Waals surface area contributed by atoms with E-state index in [0.717, 1.165) is 17.1 Å². The van der Waals surface area contributed by atoms with E-state index in [9.17, 15) is 9.59 Å². The SMILES string of the molecule is CC(C)(CNC(=O)CCN1CCOC1=O)c1ccc2c(c1)OCCO2. The molecule has 1 aromatic carbocycles. The molecule has 25 heavy (non-hydrogen) atoms. The third kappa shape index (κ3) is 4.15. The van der Waals surface area contributed by atoms with Gasteiger partial charge < -0.3 is 24.4 Å². The Bertz CT molecular complexity index is 659. The van der Waals surface area contributed by atoms with Gasteiger partial charge in [0.25, 0.3) is 0 Å². The lowest BCUT2D eigenvalue weighted by molar-refractivity contribution is -0.121. The van der Waals surface area contributed by atoms with Crippen LogP contribution in [-0.4, -0.2) is 56.4 Å². The van der Waals surface area contributed by atoms with Crippen LogP contribution in [-0.2, 0) is 14.9 Å². The van der Waals surface area contributed by atoms with Gasteiger partial charge in [-0.25, -0.2) is 4.79 Å². The van der Waals surface area contributed by atoms with Crippen molar-refractivity contribution in [3.05, 3.63) is 23.8 Å². The number of fused-ring (bicyclic) bond motifs is 1. The van der Waals surface area contributed by atoms with Gasteiger partial charge in [-0.15, -0.1) is 0 Å². The second-order valence-corrected chi connectivity index (χ2v) is 6.87. The Morgan fingerprint density at radius 1 is 1.16 bits per heavy atom. The minimum absolute atomic E-state index is 0.0784. The van der Waals surface area contributed by atoms with Crippen molar-refractivity contribution in [2.24, 2.45) is 0 Å². The third-order valence-electron chi connectivity index (χ3n) is 4.50. The molecule has 1 saturated heterocycles. The van der Waals surface area contributed by atoms with E-state index in [0.29, 0.717) is 39.5 Å². The molecule has 0 aromatic heterocycles. The number of benzene rings is 1. The third-order valence-corrected chi connectivity index (χ3v) is 4.50. The first-order valence-corrected chi connectivity index (χ1v) is 8.54. The fourth-order valence-electron chi connectivity index (χ4n) is 2.84. The molecule has 7 heteroatoms. The molecule has 0 atom stereocenters. The van der Waals surface area contributed by atoms with Crippen molar-refractivity contribution in [1.29, 1.82) is 0 Å². The molecule has 1 aromatic rings. The normalized spacial score (nSPS) is 16.6. The van der Waals surface area contributed by atoms with E-state index in [-0.39, 0.29) is 23.8 Å². The lowest BCUT2D eigenvalue weighted by Gasteiger charge is -2.28. The molecule has 0 aliphatic carbocycles. The van der Waals surface area contributed by atoms with Crippen molar-refractivity contribution in [2.75, 3.05) is 39.5 Å². The first-order valence-electron chi connectivity index (χ1n) is 8.54. The number of rotatable bonds is 6. The second kappa shape index (κ2) is 7.21. The van der Waals surface area contributed by atoms with Crippen LogP contribution in [0.15, 0.2) is 18.2 Å². The van der Waals surface area contributed by atoms with Crippen LogP contribution in [0.2, 0.25) is 0 Å². The monoisotopic (exact) mass is 348 g/mol. The van der Waals surface area contributed by atoms with Crippen molar-refractivity contribution in [3.63, 3.8) is 0 Å². The second-order valence-electron chi connectivity index (χ2n) is 6.87. The van der Waals surface area contributed by atoms with Crippen molar-refractivity contribution >= 4 is 12.0 Å². The summed E-state index contributed by atoms with van der Waals surface area (Å²) in [6.45, 7) is 7.08. The molecule has 7 nitrogen and oxygen atoms in total. The number of nitrogens with zero attached hydrogens (tertiary/aromatic N) is 1. The minimum atomic E-state index is -0.343. The maximum Gasteiger partial charge on any atom is 0.409 e. The lowest BCUT2D eigenvalue weighted by atomic mass is 9.84. The highest BCUT2D eigenvalue weighted by atomic mass is 16.6. The molecule has 1 N–H and O–H groups in total. The lowest BCUT2D eigenvalue weighted by Crippen LogP contribution is -2.38. The molecule has 136 valence electrons. The van der Waals surface area contributed by atoms with Crippen molar-refractivity contribution in [1.82, 2.24) is 10.2 Å². The van der Waals surface area contributed by atoms with E-state index in [1.165, 1.54) is 0 Å².